The lowest BCUT2D eigenvalue weighted by atomic mass is 10.1. The third-order valence-corrected chi connectivity index (χ3v) is 4.43. The van der Waals surface area contributed by atoms with E-state index < -0.39 is 0 Å². The molecule has 0 atom stereocenters. The van der Waals surface area contributed by atoms with Crippen molar-refractivity contribution >= 4 is 11.6 Å². The van der Waals surface area contributed by atoms with Gasteiger partial charge in [0, 0.05) is 6.54 Å². The Kier molecular flexibility index (Phi) is 7.60. The molecule has 0 heterocycles. The van der Waals surface area contributed by atoms with Crippen molar-refractivity contribution in [2.24, 2.45) is 5.92 Å². The first-order valence-electron chi connectivity index (χ1n) is 8.75. The summed E-state index contributed by atoms with van der Waals surface area (Å²) in [6, 6.07) is 12.1. The van der Waals surface area contributed by atoms with Crippen LogP contribution in [-0.2, 0) is 13.2 Å². The fourth-order valence-corrected chi connectivity index (χ4v) is 2.85. The van der Waals surface area contributed by atoms with Gasteiger partial charge in [0.2, 0.25) is 0 Å². The van der Waals surface area contributed by atoms with Gasteiger partial charge in [-0.25, -0.2) is 0 Å². The maximum atomic E-state index is 6.45. The van der Waals surface area contributed by atoms with Crippen LogP contribution in [0.25, 0.3) is 0 Å². The van der Waals surface area contributed by atoms with Crippen molar-refractivity contribution in [3.05, 3.63) is 58.1 Å². The molecule has 0 unspecified atom stereocenters. The summed E-state index contributed by atoms with van der Waals surface area (Å²) in [7, 11) is 1.64. The van der Waals surface area contributed by atoms with E-state index in [1.807, 2.05) is 24.3 Å². The van der Waals surface area contributed by atoms with Gasteiger partial charge < -0.3 is 14.8 Å². The molecule has 0 aromatic heterocycles. The van der Waals surface area contributed by atoms with Crippen LogP contribution < -0.4 is 14.8 Å². The smallest absolute Gasteiger partial charge is 0.180 e. The zero-order valence-corrected chi connectivity index (χ0v) is 16.3. The minimum atomic E-state index is 0.467. The zero-order chi connectivity index (χ0) is 18.2. The summed E-state index contributed by atoms with van der Waals surface area (Å²) in [5.74, 6) is 1.96. The van der Waals surface area contributed by atoms with Crippen molar-refractivity contribution in [1.82, 2.24) is 5.32 Å². The Morgan fingerprint density at radius 1 is 1.16 bits per heavy atom. The van der Waals surface area contributed by atoms with E-state index in [1.54, 1.807) is 7.11 Å². The molecule has 0 aliphatic heterocycles. The van der Waals surface area contributed by atoms with Crippen molar-refractivity contribution < 1.29 is 9.47 Å². The monoisotopic (exact) mass is 361 g/mol. The average Bonchev–Trinajstić information content (AvgIpc) is 2.58. The third-order valence-electron chi connectivity index (χ3n) is 4.15. The highest BCUT2D eigenvalue weighted by molar-refractivity contribution is 6.32. The Hall–Kier alpha value is -1.71. The van der Waals surface area contributed by atoms with E-state index in [4.69, 9.17) is 21.1 Å². The molecule has 4 heteroatoms. The summed E-state index contributed by atoms with van der Waals surface area (Å²) < 4.78 is 11.5. The third kappa shape index (κ3) is 5.94. The second-order valence-electron chi connectivity index (χ2n) is 6.68. The summed E-state index contributed by atoms with van der Waals surface area (Å²) in [5.41, 5.74) is 3.43. The van der Waals surface area contributed by atoms with E-state index in [1.165, 1.54) is 5.56 Å². The minimum absolute atomic E-state index is 0.467. The number of benzene rings is 2. The Balaban J connectivity index is 2.04. The molecule has 0 fully saturated rings. The van der Waals surface area contributed by atoms with Crippen LogP contribution in [0.15, 0.2) is 36.4 Å². The number of rotatable bonds is 9. The molecule has 25 heavy (non-hydrogen) atoms. The number of ether oxygens (including phenoxy) is 2. The quantitative estimate of drug-likeness (QED) is 0.609. The standard InChI is InChI=1S/C21H28ClNO2/c1-15(2)9-10-23-13-17-11-19(22)21(20(12-17)24-4)25-14-18-8-6-5-7-16(18)3/h5-8,11-12,15,23H,9-10,13-14H2,1-4H3. The summed E-state index contributed by atoms with van der Waals surface area (Å²) in [4.78, 5) is 0. The topological polar surface area (TPSA) is 30.5 Å². The maximum Gasteiger partial charge on any atom is 0.180 e. The molecule has 2 aromatic carbocycles. The number of halogens is 1. The van der Waals surface area contributed by atoms with E-state index >= 15 is 0 Å². The summed E-state index contributed by atoms with van der Waals surface area (Å²) in [6.45, 7) is 8.74. The predicted molar refractivity (Wildman–Crippen MR) is 105 cm³/mol. The van der Waals surface area contributed by atoms with Crippen LogP contribution in [0.1, 0.15) is 37.0 Å². The molecule has 0 saturated carbocycles. The highest BCUT2D eigenvalue weighted by Gasteiger charge is 2.13. The number of hydrogen-bond donors (Lipinski definition) is 1. The largest absolute Gasteiger partial charge is 0.493 e. The van der Waals surface area contributed by atoms with Gasteiger partial charge in [0.05, 0.1) is 12.1 Å². The van der Waals surface area contributed by atoms with E-state index in [0.29, 0.717) is 29.0 Å². The second kappa shape index (κ2) is 9.69. The molecule has 0 aliphatic carbocycles. The van der Waals surface area contributed by atoms with Crippen molar-refractivity contribution in [2.75, 3.05) is 13.7 Å². The zero-order valence-electron chi connectivity index (χ0n) is 15.6. The SMILES string of the molecule is COc1cc(CNCCC(C)C)cc(Cl)c1OCc1ccccc1C. The lowest BCUT2D eigenvalue weighted by Gasteiger charge is -2.15. The van der Waals surface area contributed by atoms with Crippen molar-refractivity contribution in [1.29, 1.82) is 0 Å². The van der Waals surface area contributed by atoms with Crippen LogP contribution in [0.5, 0.6) is 11.5 Å². The van der Waals surface area contributed by atoms with Gasteiger partial charge in [-0.15, -0.1) is 0 Å². The fourth-order valence-electron chi connectivity index (χ4n) is 2.56. The van der Waals surface area contributed by atoms with Gasteiger partial charge in [-0.1, -0.05) is 49.7 Å². The van der Waals surface area contributed by atoms with Gasteiger partial charge in [-0.2, -0.15) is 0 Å². The second-order valence-corrected chi connectivity index (χ2v) is 7.09. The number of hydrogen-bond acceptors (Lipinski definition) is 3. The average molecular weight is 362 g/mol. The summed E-state index contributed by atoms with van der Waals surface area (Å²) in [6.07, 6.45) is 1.16. The Bertz CT molecular complexity index is 686. The van der Waals surface area contributed by atoms with Crippen molar-refractivity contribution in [3.8, 4) is 11.5 Å². The van der Waals surface area contributed by atoms with E-state index in [-0.39, 0.29) is 0 Å². The first-order valence-corrected chi connectivity index (χ1v) is 9.13. The van der Waals surface area contributed by atoms with Gasteiger partial charge in [-0.05, 0) is 54.6 Å². The molecule has 0 aliphatic rings. The molecular formula is C21H28ClNO2. The van der Waals surface area contributed by atoms with Gasteiger partial charge in [-0.3, -0.25) is 0 Å². The normalized spacial score (nSPS) is 11.0. The van der Waals surface area contributed by atoms with Crippen LogP contribution >= 0.6 is 11.6 Å². The molecule has 0 spiro atoms. The molecule has 136 valence electrons. The van der Waals surface area contributed by atoms with Crippen LogP contribution in [0, 0.1) is 12.8 Å². The minimum Gasteiger partial charge on any atom is -0.493 e. The van der Waals surface area contributed by atoms with Crippen LogP contribution in [0.4, 0.5) is 0 Å². The lowest BCUT2D eigenvalue weighted by molar-refractivity contribution is 0.284. The van der Waals surface area contributed by atoms with E-state index in [0.717, 1.165) is 30.6 Å². The maximum absolute atomic E-state index is 6.45. The van der Waals surface area contributed by atoms with Gasteiger partial charge in [0.15, 0.2) is 11.5 Å². The van der Waals surface area contributed by atoms with E-state index in [2.05, 4.69) is 38.2 Å². The van der Waals surface area contributed by atoms with Crippen molar-refractivity contribution in [2.45, 2.75) is 40.3 Å². The number of methoxy groups -OCH3 is 1. The molecule has 1 N–H and O–H groups in total. The Labute approximate surface area is 156 Å². The lowest BCUT2D eigenvalue weighted by Crippen LogP contribution is -2.16. The molecule has 2 aromatic rings. The highest BCUT2D eigenvalue weighted by atomic mass is 35.5. The first kappa shape index (κ1) is 19.6. The van der Waals surface area contributed by atoms with Crippen LogP contribution in [-0.4, -0.2) is 13.7 Å². The van der Waals surface area contributed by atoms with Gasteiger partial charge in [0.1, 0.15) is 6.61 Å². The highest BCUT2D eigenvalue weighted by Crippen LogP contribution is 2.37. The number of aryl methyl sites for hydroxylation is 1. The molecule has 3 nitrogen and oxygen atoms in total. The number of nitrogens with one attached hydrogen (secondary N) is 1. The van der Waals surface area contributed by atoms with Gasteiger partial charge >= 0.3 is 0 Å². The van der Waals surface area contributed by atoms with Crippen molar-refractivity contribution in [3.63, 3.8) is 0 Å². The molecule has 0 saturated heterocycles. The predicted octanol–water partition coefficient (Wildman–Crippen LogP) is 5.37. The Morgan fingerprint density at radius 2 is 1.92 bits per heavy atom. The fraction of sp³-hybridized carbons (Fsp3) is 0.429. The summed E-state index contributed by atoms with van der Waals surface area (Å²) in [5, 5.41) is 4.02. The van der Waals surface area contributed by atoms with E-state index in [9.17, 15) is 0 Å². The van der Waals surface area contributed by atoms with Gasteiger partial charge in [0.25, 0.3) is 0 Å². The Morgan fingerprint density at radius 3 is 2.60 bits per heavy atom. The first-order chi connectivity index (χ1) is 12.0. The molecule has 0 bridgehead atoms. The molecular weight excluding hydrogens is 334 g/mol. The molecule has 0 amide bonds. The molecule has 2 rings (SSSR count). The molecule has 0 radical (unpaired) electrons. The van der Waals surface area contributed by atoms with Crippen LogP contribution in [0.2, 0.25) is 5.02 Å². The summed E-state index contributed by atoms with van der Waals surface area (Å²) >= 11 is 6.45. The van der Waals surface area contributed by atoms with Crippen LogP contribution in [0.3, 0.4) is 0 Å².